The van der Waals surface area contributed by atoms with Gasteiger partial charge >= 0.3 is 6.61 Å². The molecule has 1 aromatic heterocycles. The molecule has 0 unspecified atom stereocenters. The summed E-state index contributed by atoms with van der Waals surface area (Å²) in [4.78, 5) is 6.55. The molecule has 2 aromatic rings. The van der Waals surface area contributed by atoms with E-state index in [0.29, 0.717) is 11.0 Å². The Hall–Kier alpha value is -2.16. The molecule has 1 N–H and O–H groups in total. The SMILES string of the molecule is N#Cc1nc2ccc(OC(F)F)cc2[nH]1. The first-order valence-electron chi connectivity index (χ1n) is 4.04. The molecule has 0 saturated carbocycles. The molecule has 0 spiro atoms. The normalized spacial score (nSPS) is 10.5. The van der Waals surface area contributed by atoms with E-state index in [0.717, 1.165) is 0 Å². The number of ether oxygens (including phenoxy) is 1. The molecule has 6 heteroatoms. The first kappa shape index (κ1) is 9.40. The highest BCUT2D eigenvalue weighted by Gasteiger charge is 2.07. The van der Waals surface area contributed by atoms with Crippen molar-refractivity contribution in [1.82, 2.24) is 9.97 Å². The zero-order valence-corrected chi connectivity index (χ0v) is 7.37. The first-order valence-corrected chi connectivity index (χ1v) is 4.04. The molecule has 4 nitrogen and oxygen atoms in total. The van der Waals surface area contributed by atoms with Crippen molar-refractivity contribution in [2.45, 2.75) is 6.61 Å². The number of aromatic amines is 1. The van der Waals surface area contributed by atoms with Crippen molar-refractivity contribution < 1.29 is 13.5 Å². The zero-order valence-electron chi connectivity index (χ0n) is 7.37. The van der Waals surface area contributed by atoms with Crippen molar-refractivity contribution in [2.24, 2.45) is 0 Å². The third-order valence-electron chi connectivity index (χ3n) is 1.78. The summed E-state index contributed by atoms with van der Waals surface area (Å²) < 4.78 is 28.0. The number of nitrogens with zero attached hydrogens (tertiary/aromatic N) is 2. The van der Waals surface area contributed by atoms with Crippen LogP contribution in [-0.4, -0.2) is 16.6 Å². The first-order chi connectivity index (χ1) is 7.19. The number of imidazole rings is 1. The lowest BCUT2D eigenvalue weighted by Crippen LogP contribution is -2.01. The van der Waals surface area contributed by atoms with E-state index >= 15 is 0 Å². The predicted molar refractivity (Wildman–Crippen MR) is 47.4 cm³/mol. The van der Waals surface area contributed by atoms with E-state index in [-0.39, 0.29) is 11.6 Å². The highest BCUT2D eigenvalue weighted by atomic mass is 19.3. The average molecular weight is 209 g/mol. The summed E-state index contributed by atoms with van der Waals surface area (Å²) in [6.07, 6.45) is 0. The van der Waals surface area contributed by atoms with Crippen molar-refractivity contribution in [2.75, 3.05) is 0 Å². The highest BCUT2D eigenvalue weighted by Crippen LogP contribution is 2.20. The fraction of sp³-hybridized carbons (Fsp3) is 0.111. The third kappa shape index (κ3) is 1.86. The van der Waals surface area contributed by atoms with Crippen molar-refractivity contribution in [1.29, 1.82) is 5.26 Å². The molecule has 76 valence electrons. The molecular formula is C9H5F2N3O. The van der Waals surface area contributed by atoms with Gasteiger partial charge in [-0.3, -0.25) is 0 Å². The van der Waals surface area contributed by atoms with Crippen molar-refractivity contribution in [3.05, 3.63) is 24.0 Å². The Labute approximate surface area is 83.1 Å². The van der Waals surface area contributed by atoms with E-state index < -0.39 is 6.61 Å². The van der Waals surface area contributed by atoms with Gasteiger partial charge in [-0.2, -0.15) is 14.0 Å². The number of alkyl halides is 2. The van der Waals surface area contributed by atoms with Crippen LogP contribution in [0.5, 0.6) is 5.75 Å². The van der Waals surface area contributed by atoms with E-state index in [9.17, 15) is 8.78 Å². The molecule has 2 rings (SSSR count). The molecule has 15 heavy (non-hydrogen) atoms. The number of hydrogen-bond donors (Lipinski definition) is 1. The van der Waals surface area contributed by atoms with Gasteiger partial charge in [0, 0.05) is 6.07 Å². The van der Waals surface area contributed by atoms with E-state index in [2.05, 4.69) is 14.7 Å². The number of halogens is 2. The summed E-state index contributed by atoms with van der Waals surface area (Å²) in [5.74, 6) is 0.171. The van der Waals surface area contributed by atoms with Crippen LogP contribution in [0, 0.1) is 11.3 Å². The molecule has 0 fully saturated rings. The summed E-state index contributed by atoms with van der Waals surface area (Å²) >= 11 is 0. The number of nitriles is 1. The van der Waals surface area contributed by atoms with Crippen molar-refractivity contribution >= 4 is 11.0 Å². The monoisotopic (exact) mass is 209 g/mol. The lowest BCUT2D eigenvalue weighted by molar-refractivity contribution is -0.0497. The number of rotatable bonds is 2. The largest absolute Gasteiger partial charge is 0.435 e. The number of hydrogen-bond acceptors (Lipinski definition) is 3. The molecule has 0 saturated heterocycles. The fourth-order valence-corrected chi connectivity index (χ4v) is 1.22. The minimum Gasteiger partial charge on any atom is -0.435 e. The number of benzene rings is 1. The lowest BCUT2D eigenvalue weighted by atomic mass is 10.3. The number of H-pyrrole nitrogens is 1. The number of aromatic nitrogens is 2. The van der Waals surface area contributed by atoms with Crippen LogP contribution >= 0.6 is 0 Å². The predicted octanol–water partition coefficient (Wildman–Crippen LogP) is 2.04. The number of nitrogens with one attached hydrogen (secondary N) is 1. The Bertz CT molecular complexity index is 530. The van der Waals surface area contributed by atoms with Crippen LogP contribution in [0.25, 0.3) is 11.0 Å². The molecule has 1 aromatic carbocycles. The van der Waals surface area contributed by atoms with Gasteiger partial charge in [0.2, 0.25) is 5.82 Å². The topological polar surface area (TPSA) is 61.7 Å². The van der Waals surface area contributed by atoms with Crippen LogP contribution in [0.2, 0.25) is 0 Å². The van der Waals surface area contributed by atoms with E-state index in [1.54, 1.807) is 0 Å². The Morgan fingerprint density at radius 1 is 1.47 bits per heavy atom. The second-order valence-electron chi connectivity index (χ2n) is 2.75. The van der Waals surface area contributed by atoms with Gasteiger partial charge in [-0.15, -0.1) is 0 Å². The average Bonchev–Trinajstić information content (AvgIpc) is 2.58. The molecule has 0 aliphatic rings. The molecule has 0 atom stereocenters. The second-order valence-corrected chi connectivity index (χ2v) is 2.75. The van der Waals surface area contributed by atoms with Crippen molar-refractivity contribution in [3.63, 3.8) is 0 Å². The minimum absolute atomic E-state index is 0.0330. The van der Waals surface area contributed by atoms with E-state index in [4.69, 9.17) is 5.26 Å². The Balaban J connectivity index is 2.42. The van der Waals surface area contributed by atoms with Gasteiger partial charge in [0.15, 0.2) is 0 Å². The smallest absolute Gasteiger partial charge is 0.387 e. The third-order valence-corrected chi connectivity index (χ3v) is 1.78. The van der Waals surface area contributed by atoms with E-state index in [1.165, 1.54) is 18.2 Å². The lowest BCUT2D eigenvalue weighted by Gasteiger charge is -2.02. The molecule has 0 bridgehead atoms. The Kier molecular flexibility index (Phi) is 2.21. The highest BCUT2D eigenvalue weighted by molar-refractivity contribution is 5.77. The summed E-state index contributed by atoms with van der Waals surface area (Å²) in [7, 11) is 0. The van der Waals surface area contributed by atoms with Crippen LogP contribution in [0.15, 0.2) is 18.2 Å². The maximum Gasteiger partial charge on any atom is 0.387 e. The zero-order chi connectivity index (χ0) is 10.8. The molecule has 0 radical (unpaired) electrons. The van der Waals surface area contributed by atoms with Gasteiger partial charge in [-0.05, 0) is 12.1 Å². The Morgan fingerprint density at radius 3 is 2.93 bits per heavy atom. The molecule has 0 amide bonds. The second kappa shape index (κ2) is 3.53. The molecule has 0 aliphatic heterocycles. The van der Waals surface area contributed by atoms with Gasteiger partial charge in [0.05, 0.1) is 11.0 Å². The summed E-state index contributed by atoms with van der Waals surface area (Å²) in [5.41, 5.74) is 1.03. The molecule has 1 heterocycles. The van der Waals surface area contributed by atoms with Crippen LogP contribution < -0.4 is 4.74 Å². The standard InChI is InChI=1S/C9H5F2N3O/c10-9(11)15-5-1-2-6-7(3-5)14-8(4-12)13-6/h1-3,9H,(H,13,14). The minimum atomic E-state index is -2.86. The quantitative estimate of drug-likeness (QED) is 0.823. The van der Waals surface area contributed by atoms with Gasteiger partial charge in [-0.25, -0.2) is 4.98 Å². The maximum atomic E-state index is 11.9. The van der Waals surface area contributed by atoms with E-state index in [1.807, 2.05) is 6.07 Å². The van der Waals surface area contributed by atoms with Crippen LogP contribution in [-0.2, 0) is 0 Å². The van der Waals surface area contributed by atoms with Crippen LogP contribution in [0.4, 0.5) is 8.78 Å². The molecular weight excluding hydrogens is 204 g/mol. The van der Waals surface area contributed by atoms with Gasteiger partial charge in [-0.1, -0.05) is 0 Å². The van der Waals surface area contributed by atoms with Gasteiger partial charge < -0.3 is 9.72 Å². The summed E-state index contributed by atoms with van der Waals surface area (Å²) in [6.45, 7) is -2.86. The Morgan fingerprint density at radius 2 is 2.27 bits per heavy atom. The summed E-state index contributed by atoms with van der Waals surface area (Å²) in [6, 6.07) is 6.07. The number of fused-ring (bicyclic) bond motifs is 1. The fourth-order valence-electron chi connectivity index (χ4n) is 1.22. The van der Waals surface area contributed by atoms with Gasteiger partial charge in [0.25, 0.3) is 0 Å². The van der Waals surface area contributed by atoms with Gasteiger partial charge in [0.1, 0.15) is 11.8 Å². The maximum absolute atomic E-state index is 11.9. The molecule has 0 aliphatic carbocycles. The van der Waals surface area contributed by atoms with Crippen LogP contribution in [0.3, 0.4) is 0 Å². The summed E-state index contributed by atoms with van der Waals surface area (Å²) in [5, 5.41) is 8.56. The van der Waals surface area contributed by atoms with Crippen LogP contribution in [0.1, 0.15) is 5.82 Å². The van der Waals surface area contributed by atoms with Crippen molar-refractivity contribution in [3.8, 4) is 11.8 Å².